The lowest BCUT2D eigenvalue weighted by Gasteiger charge is -2.08. The number of aliphatic hydroxyl groups excluding tert-OH is 1. The summed E-state index contributed by atoms with van der Waals surface area (Å²) in [6.45, 7) is 2.73. The first-order chi connectivity index (χ1) is 6.74. The summed E-state index contributed by atoms with van der Waals surface area (Å²) in [4.78, 5) is 0. The third-order valence-corrected chi connectivity index (χ3v) is 2.99. The van der Waals surface area contributed by atoms with Crippen molar-refractivity contribution < 1.29 is 9.84 Å². The van der Waals surface area contributed by atoms with Gasteiger partial charge < -0.3 is 9.84 Å². The fourth-order valence-electron chi connectivity index (χ4n) is 2.21. The predicted octanol–water partition coefficient (Wildman–Crippen LogP) is 2.06. The van der Waals surface area contributed by atoms with Crippen molar-refractivity contribution >= 4 is 0 Å². The Kier molecular flexibility index (Phi) is 2.57. The summed E-state index contributed by atoms with van der Waals surface area (Å²) in [5.41, 5.74) is 3.59. The van der Waals surface area contributed by atoms with Crippen molar-refractivity contribution in [2.24, 2.45) is 5.92 Å². The molecule has 0 fully saturated rings. The van der Waals surface area contributed by atoms with Crippen molar-refractivity contribution in [2.75, 3.05) is 7.11 Å². The third kappa shape index (κ3) is 1.45. The Morgan fingerprint density at radius 3 is 3.00 bits per heavy atom. The van der Waals surface area contributed by atoms with Crippen molar-refractivity contribution in [1.82, 2.24) is 0 Å². The minimum Gasteiger partial charge on any atom is -0.388 e. The first-order valence-corrected chi connectivity index (χ1v) is 5.01. The van der Waals surface area contributed by atoms with E-state index < -0.39 is 0 Å². The van der Waals surface area contributed by atoms with Crippen molar-refractivity contribution in [3.05, 3.63) is 34.9 Å². The molecule has 0 aliphatic heterocycles. The molecule has 76 valence electrons. The molecule has 0 bridgehead atoms. The zero-order valence-corrected chi connectivity index (χ0v) is 8.66. The second kappa shape index (κ2) is 3.71. The molecule has 1 aromatic rings. The molecule has 0 amide bonds. The van der Waals surface area contributed by atoms with E-state index in [2.05, 4.69) is 13.0 Å². The Morgan fingerprint density at radius 1 is 1.50 bits per heavy atom. The number of aliphatic hydroxyl groups is 1. The van der Waals surface area contributed by atoms with Gasteiger partial charge in [-0.2, -0.15) is 0 Å². The second-order valence-corrected chi connectivity index (χ2v) is 4.04. The third-order valence-electron chi connectivity index (χ3n) is 2.99. The molecule has 2 atom stereocenters. The highest BCUT2D eigenvalue weighted by Gasteiger charge is 2.28. The molecular weight excluding hydrogens is 176 g/mol. The van der Waals surface area contributed by atoms with Gasteiger partial charge >= 0.3 is 0 Å². The maximum atomic E-state index is 9.90. The van der Waals surface area contributed by atoms with E-state index in [0.717, 1.165) is 12.0 Å². The van der Waals surface area contributed by atoms with E-state index in [4.69, 9.17) is 4.74 Å². The summed E-state index contributed by atoms with van der Waals surface area (Å²) < 4.78 is 5.14. The summed E-state index contributed by atoms with van der Waals surface area (Å²) >= 11 is 0. The van der Waals surface area contributed by atoms with Crippen LogP contribution in [0.25, 0.3) is 0 Å². The minimum atomic E-state index is -0.290. The molecule has 0 saturated heterocycles. The summed E-state index contributed by atoms with van der Waals surface area (Å²) in [5, 5.41) is 9.90. The van der Waals surface area contributed by atoms with Gasteiger partial charge in [0.25, 0.3) is 0 Å². The van der Waals surface area contributed by atoms with Gasteiger partial charge in [0.2, 0.25) is 0 Å². The summed E-state index contributed by atoms with van der Waals surface area (Å²) in [5.74, 6) is 0.336. The highest BCUT2D eigenvalue weighted by Crippen LogP contribution is 2.37. The smallest absolute Gasteiger partial charge is 0.0821 e. The van der Waals surface area contributed by atoms with Gasteiger partial charge in [0.1, 0.15) is 0 Å². The monoisotopic (exact) mass is 192 g/mol. The quantitative estimate of drug-likeness (QED) is 0.777. The van der Waals surface area contributed by atoms with Gasteiger partial charge in [0.15, 0.2) is 0 Å². The molecule has 2 rings (SSSR count). The number of methoxy groups -OCH3 is 1. The van der Waals surface area contributed by atoms with Gasteiger partial charge in [-0.25, -0.2) is 0 Å². The maximum Gasteiger partial charge on any atom is 0.0821 e. The van der Waals surface area contributed by atoms with Crippen LogP contribution in [0.3, 0.4) is 0 Å². The Labute approximate surface area is 84.5 Å². The molecule has 14 heavy (non-hydrogen) atoms. The molecule has 0 aromatic heterocycles. The van der Waals surface area contributed by atoms with Gasteiger partial charge in [-0.05, 0) is 29.0 Å². The van der Waals surface area contributed by atoms with E-state index in [-0.39, 0.29) is 6.10 Å². The lowest BCUT2D eigenvalue weighted by Crippen LogP contribution is -2.00. The SMILES string of the molecule is COCc1cccc2c1CC(C)C2O. The van der Waals surface area contributed by atoms with E-state index in [9.17, 15) is 5.11 Å². The van der Waals surface area contributed by atoms with Gasteiger partial charge in [0, 0.05) is 7.11 Å². The van der Waals surface area contributed by atoms with Crippen molar-refractivity contribution in [3.63, 3.8) is 0 Å². The van der Waals surface area contributed by atoms with E-state index in [1.54, 1.807) is 7.11 Å². The van der Waals surface area contributed by atoms with E-state index in [0.29, 0.717) is 12.5 Å². The van der Waals surface area contributed by atoms with Crippen LogP contribution in [0.15, 0.2) is 18.2 Å². The van der Waals surface area contributed by atoms with Crippen LogP contribution in [0.4, 0.5) is 0 Å². The van der Waals surface area contributed by atoms with E-state index in [1.165, 1.54) is 11.1 Å². The van der Waals surface area contributed by atoms with Crippen LogP contribution >= 0.6 is 0 Å². The highest BCUT2D eigenvalue weighted by atomic mass is 16.5. The highest BCUT2D eigenvalue weighted by molar-refractivity contribution is 5.40. The second-order valence-electron chi connectivity index (χ2n) is 4.04. The van der Waals surface area contributed by atoms with Gasteiger partial charge in [0.05, 0.1) is 12.7 Å². The van der Waals surface area contributed by atoms with Crippen LogP contribution in [-0.2, 0) is 17.8 Å². The van der Waals surface area contributed by atoms with Crippen LogP contribution in [0, 0.1) is 5.92 Å². The standard InChI is InChI=1S/C12H16O2/c1-8-6-11-9(7-14-2)4-3-5-10(11)12(8)13/h3-5,8,12-13H,6-7H2,1-2H3. The van der Waals surface area contributed by atoms with Crippen LogP contribution in [-0.4, -0.2) is 12.2 Å². The van der Waals surface area contributed by atoms with Crippen molar-refractivity contribution in [2.45, 2.75) is 26.1 Å². The molecule has 1 aliphatic carbocycles. The lowest BCUT2D eigenvalue weighted by molar-refractivity contribution is 0.133. The zero-order valence-electron chi connectivity index (χ0n) is 8.66. The first-order valence-electron chi connectivity index (χ1n) is 5.01. The molecular formula is C12H16O2. The molecule has 1 aliphatic rings. The molecule has 0 radical (unpaired) electrons. The van der Waals surface area contributed by atoms with Crippen LogP contribution in [0.5, 0.6) is 0 Å². The van der Waals surface area contributed by atoms with Crippen LogP contribution in [0.2, 0.25) is 0 Å². The predicted molar refractivity (Wildman–Crippen MR) is 55.0 cm³/mol. The number of hydrogen-bond acceptors (Lipinski definition) is 2. The zero-order chi connectivity index (χ0) is 10.1. The van der Waals surface area contributed by atoms with Crippen LogP contribution in [0.1, 0.15) is 29.7 Å². The number of hydrogen-bond donors (Lipinski definition) is 1. The Bertz CT molecular complexity index is 333. The Balaban J connectivity index is 2.40. The number of ether oxygens (including phenoxy) is 1. The van der Waals surface area contributed by atoms with Crippen molar-refractivity contribution in [1.29, 1.82) is 0 Å². The van der Waals surface area contributed by atoms with E-state index >= 15 is 0 Å². The number of rotatable bonds is 2. The molecule has 2 heteroatoms. The first kappa shape index (κ1) is 9.69. The summed E-state index contributed by atoms with van der Waals surface area (Å²) in [6, 6.07) is 6.09. The number of fused-ring (bicyclic) bond motifs is 1. The average Bonchev–Trinajstić information content (AvgIpc) is 2.46. The van der Waals surface area contributed by atoms with Gasteiger partial charge in [-0.15, -0.1) is 0 Å². The molecule has 2 nitrogen and oxygen atoms in total. The molecule has 0 heterocycles. The molecule has 1 N–H and O–H groups in total. The molecule has 2 unspecified atom stereocenters. The lowest BCUT2D eigenvalue weighted by atomic mass is 10.0. The van der Waals surface area contributed by atoms with Gasteiger partial charge in [-0.3, -0.25) is 0 Å². The number of benzene rings is 1. The normalized spacial score (nSPS) is 25.1. The van der Waals surface area contributed by atoms with Crippen molar-refractivity contribution in [3.8, 4) is 0 Å². The van der Waals surface area contributed by atoms with E-state index in [1.807, 2.05) is 12.1 Å². The Morgan fingerprint density at radius 2 is 2.29 bits per heavy atom. The summed E-state index contributed by atoms with van der Waals surface area (Å²) in [7, 11) is 1.70. The maximum absolute atomic E-state index is 9.90. The fourth-order valence-corrected chi connectivity index (χ4v) is 2.21. The van der Waals surface area contributed by atoms with Gasteiger partial charge in [-0.1, -0.05) is 25.1 Å². The summed E-state index contributed by atoms with van der Waals surface area (Å²) in [6.07, 6.45) is 0.678. The van der Waals surface area contributed by atoms with Crippen LogP contribution < -0.4 is 0 Å². The average molecular weight is 192 g/mol. The fraction of sp³-hybridized carbons (Fsp3) is 0.500. The molecule has 0 saturated carbocycles. The Hall–Kier alpha value is -0.860. The minimum absolute atomic E-state index is 0.290. The largest absolute Gasteiger partial charge is 0.388 e. The molecule has 1 aromatic carbocycles. The molecule has 0 spiro atoms. The topological polar surface area (TPSA) is 29.5 Å².